The summed E-state index contributed by atoms with van der Waals surface area (Å²) < 4.78 is 0. The first-order valence-electron chi connectivity index (χ1n) is 4.08. The van der Waals surface area contributed by atoms with E-state index in [0.717, 1.165) is 0 Å². The first kappa shape index (κ1) is 8.10. The molecule has 0 bridgehead atoms. The van der Waals surface area contributed by atoms with Gasteiger partial charge in [0.25, 0.3) is 0 Å². The molecule has 0 atom stereocenters. The second-order valence-electron chi connectivity index (χ2n) is 2.81. The van der Waals surface area contributed by atoms with Crippen LogP contribution < -0.4 is 0 Å². The van der Waals surface area contributed by atoms with Gasteiger partial charge in [0.05, 0.1) is 0 Å². The lowest BCUT2D eigenvalue weighted by Gasteiger charge is -2.13. The molecule has 1 rings (SSSR count). The SMILES string of the molecule is C=C=CC1=C(C=C)CCCC1. The Morgan fingerprint density at radius 1 is 1.18 bits per heavy atom. The Balaban J connectivity index is 2.89. The molecule has 0 aliphatic heterocycles. The van der Waals surface area contributed by atoms with Crippen molar-refractivity contribution in [2.75, 3.05) is 0 Å². The van der Waals surface area contributed by atoms with Crippen LogP contribution in [0.25, 0.3) is 0 Å². The summed E-state index contributed by atoms with van der Waals surface area (Å²) in [5.74, 6) is 0. The molecule has 0 aromatic rings. The number of allylic oxidation sites excluding steroid dienone is 4. The van der Waals surface area contributed by atoms with Gasteiger partial charge in [-0.15, -0.1) is 5.73 Å². The Bertz CT molecular complexity index is 224. The molecular formula is C11H14. The van der Waals surface area contributed by atoms with Crippen LogP contribution in [0.2, 0.25) is 0 Å². The van der Waals surface area contributed by atoms with Gasteiger partial charge in [0.15, 0.2) is 0 Å². The minimum Gasteiger partial charge on any atom is -0.128 e. The van der Waals surface area contributed by atoms with Crippen molar-refractivity contribution in [3.8, 4) is 0 Å². The first-order chi connectivity index (χ1) is 5.38. The molecule has 0 fully saturated rings. The van der Waals surface area contributed by atoms with Gasteiger partial charge in [0.2, 0.25) is 0 Å². The van der Waals surface area contributed by atoms with E-state index in [1.165, 1.54) is 36.8 Å². The average Bonchev–Trinajstić information content (AvgIpc) is 2.06. The van der Waals surface area contributed by atoms with Crippen molar-refractivity contribution in [1.29, 1.82) is 0 Å². The van der Waals surface area contributed by atoms with E-state index in [1.54, 1.807) is 0 Å². The van der Waals surface area contributed by atoms with E-state index in [1.807, 2.05) is 12.2 Å². The second-order valence-corrected chi connectivity index (χ2v) is 2.81. The highest BCUT2D eigenvalue weighted by Crippen LogP contribution is 2.25. The fraction of sp³-hybridized carbons (Fsp3) is 0.364. The Morgan fingerprint density at radius 2 is 1.82 bits per heavy atom. The Morgan fingerprint density at radius 3 is 2.36 bits per heavy atom. The fourth-order valence-electron chi connectivity index (χ4n) is 1.47. The highest BCUT2D eigenvalue weighted by atomic mass is 14.1. The van der Waals surface area contributed by atoms with Gasteiger partial charge in [-0.1, -0.05) is 19.2 Å². The predicted octanol–water partition coefficient (Wildman–Crippen LogP) is 3.38. The Kier molecular flexibility index (Phi) is 2.95. The van der Waals surface area contributed by atoms with Crippen LogP contribution in [0.3, 0.4) is 0 Å². The topological polar surface area (TPSA) is 0 Å². The highest BCUT2D eigenvalue weighted by Gasteiger charge is 2.06. The quantitative estimate of drug-likeness (QED) is 0.524. The molecule has 1 aliphatic rings. The van der Waals surface area contributed by atoms with Crippen molar-refractivity contribution in [3.63, 3.8) is 0 Å². The zero-order valence-electron chi connectivity index (χ0n) is 6.90. The third-order valence-electron chi connectivity index (χ3n) is 2.08. The summed E-state index contributed by atoms with van der Waals surface area (Å²) in [5.41, 5.74) is 5.58. The molecule has 0 saturated heterocycles. The van der Waals surface area contributed by atoms with Crippen LogP contribution in [0.5, 0.6) is 0 Å². The van der Waals surface area contributed by atoms with Crippen LogP contribution in [0, 0.1) is 0 Å². The summed E-state index contributed by atoms with van der Waals surface area (Å²) in [4.78, 5) is 0. The Hall–Kier alpha value is -1.00. The van der Waals surface area contributed by atoms with Crippen LogP contribution in [0.15, 0.2) is 42.2 Å². The van der Waals surface area contributed by atoms with E-state index in [0.29, 0.717) is 0 Å². The molecular weight excluding hydrogens is 132 g/mol. The molecule has 0 heterocycles. The molecule has 58 valence electrons. The lowest BCUT2D eigenvalue weighted by atomic mass is 9.92. The largest absolute Gasteiger partial charge is 0.128 e. The van der Waals surface area contributed by atoms with E-state index in [4.69, 9.17) is 0 Å². The summed E-state index contributed by atoms with van der Waals surface area (Å²) in [7, 11) is 0. The minimum absolute atomic E-state index is 1.17. The summed E-state index contributed by atoms with van der Waals surface area (Å²) in [6.07, 6.45) is 8.89. The highest BCUT2D eigenvalue weighted by molar-refractivity contribution is 5.33. The van der Waals surface area contributed by atoms with Gasteiger partial charge in [-0.25, -0.2) is 0 Å². The summed E-state index contributed by atoms with van der Waals surface area (Å²) >= 11 is 0. The normalized spacial score (nSPS) is 17.5. The third kappa shape index (κ3) is 1.96. The fourth-order valence-corrected chi connectivity index (χ4v) is 1.47. The van der Waals surface area contributed by atoms with Crippen LogP contribution >= 0.6 is 0 Å². The molecule has 0 N–H and O–H groups in total. The van der Waals surface area contributed by atoms with Gasteiger partial charge in [-0.05, 0) is 42.9 Å². The molecule has 0 heteroatoms. The van der Waals surface area contributed by atoms with Crippen molar-refractivity contribution >= 4 is 0 Å². The molecule has 0 radical (unpaired) electrons. The van der Waals surface area contributed by atoms with Gasteiger partial charge in [-0.3, -0.25) is 0 Å². The molecule has 0 saturated carbocycles. The maximum atomic E-state index is 3.79. The number of rotatable bonds is 2. The molecule has 11 heavy (non-hydrogen) atoms. The van der Waals surface area contributed by atoms with Crippen LogP contribution in [-0.2, 0) is 0 Å². The first-order valence-corrected chi connectivity index (χ1v) is 4.08. The summed E-state index contributed by atoms with van der Waals surface area (Å²) in [6, 6.07) is 0. The van der Waals surface area contributed by atoms with Gasteiger partial charge < -0.3 is 0 Å². The summed E-state index contributed by atoms with van der Waals surface area (Å²) in [6.45, 7) is 7.37. The molecule has 0 aromatic heterocycles. The van der Waals surface area contributed by atoms with E-state index < -0.39 is 0 Å². The standard InChI is InChI=1S/C11H14/c1-3-7-11-9-6-5-8-10(11)4-2/h4,7H,1-2,5-6,8-9H2. The molecule has 0 aromatic carbocycles. The van der Waals surface area contributed by atoms with Gasteiger partial charge in [0.1, 0.15) is 0 Å². The average molecular weight is 146 g/mol. The number of hydrogen-bond acceptors (Lipinski definition) is 0. The van der Waals surface area contributed by atoms with Crippen LogP contribution in [-0.4, -0.2) is 0 Å². The zero-order chi connectivity index (χ0) is 8.10. The smallest absolute Gasteiger partial charge is 0.0171 e. The van der Waals surface area contributed by atoms with Crippen LogP contribution in [0.4, 0.5) is 0 Å². The maximum Gasteiger partial charge on any atom is -0.0171 e. The van der Waals surface area contributed by atoms with Gasteiger partial charge in [0, 0.05) is 0 Å². The monoisotopic (exact) mass is 146 g/mol. The molecule has 0 nitrogen and oxygen atoms in total. The minimum atomic E-state index is 1.17. The van der Waals surface area contributed by atoms with Gasteiger partial charge in [-0.2, -0.15) is 0 Å². The van der Waals surface area contributed by atoms with E-state index in [-0.39, 0.29) is 0 Å². The second kappa shape index (κ2) is 4.00. The zero-order valence-corrected chi connectivity index (χ0v) is 6.90. The van der Waals surface area contributed by atoms with Crippen LogP contribution in [0.1, 0.15) is 25.7 Å². The molecule has 1 aliphatic carbocycles. The lowest BCUT2D eigenvalue weighted by Crippen LogP contribution is -1.94. The van der Waals surface area contributed by atoms with E-state index >= 15 is 0 Å². The van der Waals surface area contributed by atoms with Crippen molar-refractivity contribution in [2.24, 2.45) is 0 Å². The van der Waals surface area contributed by atoms with Crippen molar-refractivity contribution < 1.29 is 0 Å². The number of hydrogen-bond donors (Lipinski definition) is 0. The van der Waals surface area contributed by atoms with Gasteiger partial charge >= 0.3 is 0 Å². The molecule has 0 spiro atoms. The van der Waals surface area contributed by atoms with Crippen molar-refractivity contribution in [3.05, 3.63) is 42.2 Å². The predicted molar refractivity (Wildman–Crippen MR) is 49.4 cm³/mol. The van der Waals surface area contributed by atoms with E-state index in [9.17, 15) is 0 Å². The summed E-state index contributed by atoms with van der Waals surface area (Å²) in [5, 5.41) is 0. The Labute approximate surface area is 68.6 Å². The van der Waals surface area contributed by atoms with Crippen molar-refractivity contribution in [1.82, 2.24) is 0 Å². The van der Waals surface area contributed by atoms with E-state index in [2.05, 4.69) is 18.9 Å². The lowest BCUT2D eigenvalue weighted by molar-refractivity contribution is 0.694. The molecule has 0 amide bonds. The third-order valence-corrected chi connectivity index (χ3v) is 2.08. The molecule has 0 unspecified atom stereocenters. The maximum absolute atomic E-state index is 3.79. The van der Waals surface area contributed by atoms with Crippen molar-refractivity contribution in [2.45, 2.75) is 25.7 Å².